The lowest BCUT2D eigenvalue weighted by atomic mass is 9.95. The number of alkyl halides is 3. The van der Waals surface area contributed by atoms with Gasteiger partial charge in [0.1, 0.15) is 11.4 Å². The van der Waals surface area contributed by atoms with Crippen LogP contribution in [0, 0.1) is 11.8 Å². The van der Waals surface area contributed by atoms with Gasteiger partial charge in [0.15, 0.2) is 0 Å². The van der Waals surface area contributed by atoms with Gasteiger partial charge >= 0.3 is 6.18 Å². The van der Waals surface area contributed by atoms with Gasteiger partial charge in [-0.2, -0.15) is 13.2 Å². The van der Waals surface area contributed by atoms with E-state index in [2.05, 4.69) is 11.8 Å². The molecule has 2 rings (SSSR count). The maximum atomic E-state index is 12.6. The van der Waals surface area contributed by atoms with Crippen molar-refractivity contribution >= 4 is 6.08 Å². The Kier molecular flexibility index (Phi) is 5.55. The van der Waals surface area contributed by atoms with Crippen LogP contribution in [-0.4, -0.2) is 12.2 Å². The van der Waals surface area contributed by atoms with Gasteiger partial charge in [-0.15, -0.1) is 0 Å². The predicted molar refractivity (Wildman–Crippen MR) is 90.8 cm³/mol. The number of allylic oxidation sites excluding steroid dienone is 1. The molecule has 0 aliphatic heterocycles. The number of rotatable bonds is 3. The van der Waals surface area contributed by atoms with Gasteiger partial charge in [0.2, 0.25) is 0 Å². The Bertz CT molecular complexity index is 790. The van der Waals surface area contributed by atoms with Crippen molar-refractivity contribution in [3.8, 4) is 17.6 Å². The molecule has 0 heterocycles. The molecule has 0 aromatic heterocycles. The molecule has 0 fully saturated rings. The quantitative estimate of drug-likeness (QED) is 0.821. The highest BCUT2D eigenvalue weighted by Crippen LogP contribution is 2.30. The summed E-state index contributed by atoms with van der Waals surface area (Å²) in [5.74, 6) is 6.10. The number of benzene rings is 2. The smallest absolute Gasteiger partial charge is 0.416 e. The average molecular weight is 346 g/mol. The molecular formula is C20H17F3O2. The Morgan fingerprint density at radius 3 is 2.04 bits per heavy atom. The van der Waals surface area contributed by atoms with Crippen LogP contribution >= 0.6 is 0 Å². The Hall–Kier alpha value is -2.71. The first-order chi connectivity index (χ1) is 11.7. The van der Waals surface area contributed by atoms with Crippen molar-refractivity contribution in [1.29, 1.82) is 0 Å². The molecule has 0 amide bonds. The molecule has 1 N–H and O–H groups in total. The molecule has 2 aromatic carbocycles. The van der Waals surface area contributed by atoms with Crippen molar-refractivity contribution in [3.05, 3.63) is 71.3 Å². The molecule has 0 saturated carbocycles. The van der Waals surface area contributed by atoms with Gasteiger partial charge in [-0.1, -0.05) is 36.1 Å². The van der Waals surface area contributed by atoms with Crippen LogP contribution < -0.4 is 4.74 Å². The number of hydrogen-bond donors (Lipinski definition) is 1. The highest BCUT2D eigenvalue weighted by Gasteiger charge is 2.31. The van der Waals surface area contributed by atoms with Gasteiger partial charge in [-0.3, -0.25) is 0 Å². The Morgan fingerprint density at radius 1 is 0.960 bits per heavy atom. The number of methoxy groups -OCH3 is 1. The first-order valence-corrected chi connectivity index (χ1v) is 7.46. The summed E-state index contributed by atoms with van der Waals surface area (Å²) in [5.41, 5.74) is -1.11. The zero-order valence-corrected chi connectivity index (χ0v) is 13.8. The third-order valence-electron chi connectivity index (χ3n) is 3.56. The molecule has 0 radical (unpaired) electrons. The van der Waals surface area contributed by atoms with E-state index in [1.807, 2.05) is 24.3 Å². The van der Waals surface area contributed by atoms with Crippen molar-refractivity contribution in [2.45, 2.75) is 18.7 Å². The standard InChI is InChI=1S/C20H17F3O2/c1-19(24,16-8-10-17(11-9-16)20(21,22)23)14-4-3-5-15-6-12-18(25-2)13-7-15/h3,5-13,24H,1-2H3/b5-3+/t19-/m0/s1. The van der Waals surface area contributed by atoms with E-state index in [-0.39, 0.29) is 0 Å². The van der Waals surface area contributed by atoms with Crippen molar-refractivity contribution in [2.75, 3.05) is 7.11 Å². The van der Waals surface area contributed by atoms with Crippen LogP contribution in [0.3, 0.4) is 0 Å². The van der Waals surface area contributed by atoms with E-state index in [0.717, 1.165) is 23.4 Å². The second kappa shape index (κ2) is 7.45. The van der Waals surface area contributed by atoms with E-state index in [1.165, 1.54) is 19.1 Å². The molecule has 1 atom stereocenters. The van der Waals surface area contributed by atoms with E-state index in [0.29, 0.717) is 5.56 Å². The lowest BCUT2D eigenvalue weighted by Crippen LogP contribution is -2.18. The molecule has 5 heteroatoms. The minimum Gasteiger partial charge on any atom is -0.497 e. The van der Waals surface area contributed by atoms with E-state index < -0.39 is 17.3 Å². The molecular weight excluding hydrogens is 329 g/mol. The summed E-state index contributed by atoms with van der Waals surface area (Å²) in [6.07, 6.45) is -1.08. The van der Waals surface area contributed by atoms with Crippen molar-refractivity contribution < 1.29 is 23.0 Å². The number of hydrogen-bond acceptors (Lipinski definition) is 2. The highest BCUT2D eigenvalue weighted by atomic mass is 19.4. The minimum absolute atomic E-state index is 0.297. The lowest BCUT2D eigenvalue weighted by molar-refractivity contribution is -0.137. The third-order valence-corrected chi connectivity index (χ3v) is 3.56. The summed E-state index contributed by atoms with van der Waals surface area (Å²) in [6, 6.07) is 11.6. The summed E-state index contributed by atoms with van der Waals surface area (Å²) in [5, 5.41) is 10.3. The predicted octanol–water partition coefficient (Wildman–Crippen LogP) is 4.64. The monoisotopic (exact) mass is 346 g/mol. The lowest BCUT2D eigenvalue weighted by Gasteiger charge is -2.17. The molecule has 0 aliphatic rings. The maximum absolute atomic E-state index is 12.6. The fraction of sp³-hybridized carbons (Fsp3) is 0.200. The van der Waals surface area contributed by atoms with Crippen LogP contribution in [0.5, 0.6) is 5.75 Å². The molecule has 0 unspecified atom stereocenters. The van der Waals surface area contributed by atoms with Crippen LogP contribution in [0.2, 0.25) is 0 Å². The van der Waals surface area contributed by atoms with Crippen LogP contribution in [0.1, 0.15) is 23.6 Å². The first kappa shape index (κ1) is 18.6. The fourth-order valence-electron chi connectivity index (χ4n) is 2.09. The second-order valence-electron chi connectivity index (χ2n) is 5.52. The molecule has 130 valence electrons. The van der Waals surface area contributed by atoms with Crippen LogP contribution in [0.15, 0.2) is 54.6 Å². The third kappa shape index (κ3) is 5.13. The van der Waals surface area contributed by atoms with E-state index in [4.69, 9.17) is 4.74 Å². The highest BCUT2D eigenvalue weighted by molar-refractivity contribution is 5.54. The molecule has 0 bridgehead atoms. The normalized spacial score (nSPS) is 13.8. The summed E-state index contributed by atoms with van der Waals surface area (Å²) in [6.45, 7) is 1.43. The van der Waals surface area contributed by atoms with Crippen LogP contribution in [-0.2, 0) is 11.8 Å². The maximum Gasteiger partial charge on any atom is 0.416 e. The van der Waals surface area contributed by atoms with Gasteiger partial charge in [0.05, 0.1) is 12.7 Å². The molecule has 0 aliphatic carbocycles. The molecule has 2 nitrogen and oxygen atoms in total. The largest absolute Gasteiger partial charge is 0.497 e. The van der Waals surface area contributed by atoms with Gasteiger partial charge in [-0.25, -0.2) is 0 Å². The first-order valence-electron chi connectivity index (χ1n) is 7.46. The van der Waals surface area contributed by atoms with Gasteiger partial charge in [-0.05, 0) is 54.5 Å². The van der Waals surface area contributed by atoms with Crippen LogP contribution in [0.25, 0.3) is 6.08 Å². The molecule has 25 heavy (non-hydrogen) atoms. The molecule has 0 spiro atoms. The van der Waals surface area contributed by atoms with Gasteiger partial charge < -0.3 is 9.84 Å². The van der Waals surface area contributed by atoms with E-state index in [1.54, 1.807) is 19.3 Å². The summed E-state index contributed by atoms with van der Waals surface area (Å²) in [4.78, 5) is 0. The minimum atomic E-state index is -4.41. The summed E-state index contributed by atoms with van der Waals surface area (Å²) in [7, 11) is 1.58. The zero-order valence-electron chi connectivity index (χ0n) is 13.8. The van der Waals surface area contributed by atoms with Crippen LogP contribution in [0.4, 0.5) is 13.2 Å². The number of halogens is 3. The Balaban J connectivity index is 2.10. The van der Waals surface area contributed by atoms with Crippen molar-refractivity contribution in [1.82, 2.24) is 0 Å². The molecule has 2 aromatic rings. The molecule has 0 saturated heterocycles. The topological polar surface area (TPSA) is 29.5 Å². The second-order valence-corrected chi connectivity index (χ2v) is 5.52. The number of ether oxygens (including phenoxy) is 1. The fourth-order valence-corrected chi connectivity index (χ4v) is 2.09. The van der Waals surface area contributed by atoms with Gasteiger partial charge in [0.25, 0.3) is 0 Å². The van der Waals surface area contributed by atoms with Crippen molar-refractivity contribution in [2.24, 2.45) is 0 Å². The average Bonchev–Trinajstić information content (AvgIpc) is 2.58. The SMILES string of the molecule is COc1ccc(/C=C/C#C[C@](C)(O)c2ccc(C(F)(F)F)cc2)cc1. The van der Waals surface area contributed by atoms with Gasteiger partial charge in [0, 0.05) is 0 Å². The zero-order chi connectivity index (χ0) is 18.5. The van der Waals surface area contributed by atoms with E-state index >= 15 is 0 Å². The Morgan fingerprint density at radius 2 is 1.52 bits per heavy atom. The summed E-state index contributed by atoms with van der Waals surface area (Å²) < 4.78 is 42.8. The van der Waals surface area contributed by atoms with Crippen molar-refractivity contribution in [3.63, 3.8) is 0 Å². The Labute approximate surface area is 144 Å². The van der Waals surface area contributed by atoms with E-state index in [9.17, 15) is 18.3 Å². The summed E-state index contributed by atoms with van der Waals surface area (Å²) >= 11 is 0. The number of aliphatic hydroxyl groups is 1.